The molecule has 8 nitrogen and oxygen atoms in total. The van der Waals surface area contributed by atoms with Crippen molar-refractivity contribution in [2.45, 2.75) is 110 Å². The maximum Gasteiger partial charge on any atom is 0.224 e. The minimum Gasteiger partial charge on any atom is -0.489 e. The topological polar surface area (TPSA) is 113 Å². The minimum atomic E-state index is -0.746. The molecule has 0 spiro atoms. The van der Waals surface area contributed by atoms with E-state index in [0.717, 1.165) is 40.6 Å². The lowest BCUT2D eigenvalue weighted by Gasteiger charge is -2.13. The van der Waals surface area contributed by atoms with Crippen LogP contribution >= 0.6 is 0 Å². The summed E-state index contributed by atoms with van der Waals surface area (Å²) in [7, 11) is 0. The van der Waals surface area contributed by atoms with Crippen molar-refractivity contribution in [3.63, 3.8) is 0 Å². The van der Waals surface area contributed by atoms with Gasteiger partial charge >= 0.3 is 0 Å². The molecule has 1 unspecified atom stereocenters. The van der Waals surface area contributed by atoms with Crippen LogP contribution in [0.2, 0.25) is 0 Å². The van der Waals surface area contributed by atoms with Gasteiger partial charge in [0.15, 0.2) is 0 Å². The lowest BCUT2D eigenvalue weighted by atomic mass is 10.1. The third-order valence-electron chi connectivity index (χ3n) is 8.00. The zero-order chi connectivity index (χ0) is 32.0. The highest BCUT2D eigenvalue weighted by molar-refractivity contribution is 5.90. The monoisotopic (exact) mass is 621 g/mol. The number of hydrogen-bond donors (Lipinski definition) is 4. The van der Waals surface area contributed by atoms with E-state index in [1.165, 1.54) is 64.2 Å². The third-order valence-corrected chi connectivity index (χ3v) is 8.00. The maximum absolute atomic E-state index is 12.6. The second kappa shape index (κ2) is 22.2. The van der Waals surface area contributed by atoms with E-state index in [2.05, 4.69) is 22.5 Å². The predicted molar refractivity (Wildman–Crippen MR) is 181 cm³/mol. The van der Waals surface area contributed by atoms with Crippen LogP contribution in [-0.4, -0.2) is 54.3 Å². The molecular formula is C37H55N3O5. The molecule has 0 aliphatic carbocycles. The van der Waals surface area contributed by atoms with Gasteiger partial charge in [-0.15, -0.1) is 0 Å². The summed E-state index contributed by atoms with van der Waals surface area (Å²) in [4.78, 5) is 28.0. The van der Waals surface area contributed by atoms with Gasteiger partial charge in [0, 0.05) is 43.2 Å². The van der Waals surface area contributed by atoms with Crippen LogP contribution in [0.3, 0.4) is 0 Å². The normalized spacial score (nSPS) is 11.9. The van der Waals surface area contributed by atoms with E-state index in [0.29, 0.717) is 13.2 Å². The second-order valence-electron chi connectivity index (χ2n) is 12.0. The summed E-state index contributed by atoms with van der Waals surface area (Å²) in [6.07, 6.45) is 17.0. The number of H-pyrrole nitrogens is 1. The van der Waals surface area contributed by atoms with E-state index >= 15 is 0 Å². The molecule has 3 aromatic rings. The molecule has 0 aliphatic heterocycles. The number of carbonyl (C=O) groups is 2. The highest BCUT2D eigenvalue weighted by Gasteiger charge is 2.12. The first kappa shape index (κ1) is 36.1. The Kier molecular flexibility index (Phi) is 17.8. The fourth-order valence-electron chi connectivity index (χ4n) is 5.33. The van der Waals surface area contributed by atoms with Gasteiger partial charge in [-0.2, -0.15) is 0 Å². The number of fused-ring (bicyclic) bond motifs is 1. The van der Waals surface area contributed by atoms with E-state index in [4.69, 9.17) is 9.47 Å². The van der Waals surface area contributed by atoms with Gasteiger partial charge in [-0.1, -0.05) is 108 Å². The molecule has 0 aliphatic rings. The number of benzene rings is 2. The molecule has 0 radical (unpaired) electrons. The Morgan fingerprint density at radius 3 is 2.24 bits per heavy atom. The number of nitrogens with one attached hydrogen (secondary N) is 3. The highest BCUT2D eigenvalue weighted by Crippen LogP contribution is 2.25. The summed E-state index contributed by atoms with van der Waals surface area (Å²) in [6.45, 7) is 3.93. The molecule has 2 amide bonds. The molecule has 45 heavy (non-hydrogen) atoms. The van der Waals surface area contributed by atoms with Crippen LogP contribution in [0.15, 0.2) is 54.7 Å². The summed E-state index contributed by atoms with van der Waals surface area (Å²) in [5.41, 5.74) is 2.88. The molecule has 0 saturated carbocycles. The van der Waals surface area contributed by atoms with E-state index in [1.54, 1.807) is 0 Å². The number of hydrogen-bond acceptors (Lipinski definition) is 5. The number of amides is 2. The molecule has 3 rings (SSSR count). The van der Waals surface area contributed by atoms with Crippen LogP contribution in [-0.2, 0) is 27.4 Å². The van der Waals surface area contributed by atoms with Crippen LogP contribution in [0.4, 0.5) is 0 Å². The number of aliphatic hydroxyl groups is 1. The van der Waals surface area contributed by atoms with Crippen LogP contribution in [0.5, 0.6) is 5.75 Å². The van der Waals surface area contributed by atoms with Crippen molar-refractivity contribution >= 4 is 22.7 Å². The third kappa shape index (κ3) is 15.5. The number of unbranched alkanes of at least 4 members (excludes halogenated alkanes) is 11. The van der Waals surface area contributed by atoms with E-state index < -0.39 is 6.10 Å². The largest absolute Gasteiger partial charge is 0.489 e. The van der Waals surface area contributed by atoms with Gasteiger partial charge in [-0.05, 0) is 35.7 Å². The predicted octanol–water partition coefficient (Wildman–Crippen LogP) is 6.99. The Morgan fingerprint density at radius 2 is 1.53 bits per heavy atom. The lowest BCUT2D eigenvalue weighted by molar-refractivity contribution is -0.122. The Labute approximate surface area is 269 Å². The Bertz CT molecular complexity index is 1230. The van der Waals surface area contributed by atoms with Gasteiger partial charge in [0.25, 0.3) is 0 Å². The van der Waals surface area contributed by atoms with E-state index in [1.807, 2.05) is 54.7 Å². The summed E-state index contributed by atoms with van der Waals surface area (Å²) in [5.74, 6) is 0.356. The number of aliphatic hydroxyl groups excluding tert-OH is 1. The molecule has 248 valence electrons. The van der Waals surface area contributed by atoms with Gasteiger partial charge in [-0.3, -0.25) is 9.59 Å². The molecule has 0 fully saturated rings. The number of carbonyl (C=O) groups excluding carboxylic acids is 2. The fourth-order valence-corrected chi connectivity index (χ4v) is 5.33. The summed E-state index contributed by atoms with van der Waals surface area (Å²) in [6, 6.07) is 15.8. The van der Waals surface area contributed by atoms with Gasteiger partial charge < -0.3 is 30.2 Å². The molecule has 1 heterocycles. The van der Waals surface area contributed by atoms with Gasteiger partial charge in [0.05, 0.1) is 19.1 Å². The van der Waals surface area contributed by atoms with Crippen LogP contribution in [0, 0.1) is 0 Å². The minimum absolute atomic E-state index is 0.134. The first-order valence-electron chi connectivity index (χ1n) is 17.1. The lowest BCUT2D eigenvalue weighted by Crippen LogP contribution is -2.36. The van der Waals surface area contributed by atoms with Gasteiger partial charge in [0.2, 0.25) is 11.8 Å². The average Bonchev–Trinajstić information content (AvgIpc) is 3.45. The maximum atomic E-state index is 12.6. The van der Waals surface area contributed by atoms with Crippen molar-refractivity contribution in [2.24, 2.45) is 0 Å². The molecule has 4 N–H and O–H groups in total. The number of ether oxygens (including phenoxy) is 2. The smallest absolute Gasteiger partial charge is 0.224 e. The first-order valence-corrected chi connectivity index (χ1v) is 17.1. The van der Waals surface area contributed by atoms with E-state index in [-0.39, 0.29) is 44.4 Å². The van der Waals surface area contributed by atoms with E-state index in [9.17, 15) is 14.7 Å². The number of aromatic nitrogens is 1. The standard InChI is InChI=1S/C37H55N3O5/c1-2-3-4-5-6-7-8-9-10-11-12-16-23-44-29-32(41)27-40-36(42)21-22-38-37(43)24-31-26-39-35-20-19-33(25-34(31)35)45-28-30-17-14-13-15-18-30/h13-15,17-20,25-26,32,39,41H,2-12,16,21-24,27-29H2,1H3,(H,38,43)(H,40,42). The fraction of sp³-hybridized carbons (Fsp3) is 0.568. The Hall–Kier alpha value is -3.36. The highest BCUT2D eigenvalue weighted by atomic mass is 16.5. The Morgan fingerprint density at radius 1 is 0.844 bits per heavy atom. The van der Waals surface area contributed by atoms with Crippen LogP contribution < -0.4 is 15.4 Å². The molecule has 0 bridgehead atoms. The van der Waals surface area contributed by atoms with Crippen molar-refractivity contribution in [1.82, 2.24) is 15.6 Å². The number of aromatic amines is 1. The SMILES string of the molecule is CCCCCCCCCCCCCCOCC(O)CNC(=O)CCNC(=O)Cc1c[nH]c2ccc(OCc3ccccc3)cc12. The molecule has 1 atom stereocenters. The number of rotatable bonds is 25. The van der Waals surface area contributed by atoms with Crippen LogP contribution in [0.25, 0.3) is 10.9 Å². The second-order valence-corrected chi connectivity index (χ2v) is 12.0. The zero-order valence-electron chi connectivity index (χ0n) is 27.3. The van der Waals surface area contributed by atoms with Crippen molar-refractivity contribution in [1.29, 1.82) is 0 Å². The van der Waals surface area contributed by atoms with Crippen LogP contribution in [0.1, 0.15) is 102 Å². The first-order chi connectivity index (χ1) is 22.0. The van der Waals surface area contributed by atoms with Gasteiger partial charge in [0.1, 0.15) is 12.4 Å². The molecular weight excluding hydrogens is 566 g/mol. The van der Waals surface area contributed by atoms with Crippen molar-refractivity contribution < 1.29 is 24.2 Å². The summed E-state index contributed by atoms with van der Waals surface area (Å²) < 4.78 is 11.5. The van der Waals surface area contributed by atoms with Gasteiger partial charge in [-0.25, -0.2) is 0 Å². The molecule has 2 aromatic carbocycles. The molecule has 8 heteroatoms. The molecule has 0 saturated heterocycles. The van der Waals surface area contributed by atoms with Crippen molar-refractivity contribution in [3.8, 4) is 5.75 Å². The Balaban J connectivity index is 1.18. The summed E-state index contributed by atoms with van der Waals surface area (Å²) in [5, 5.41) is 16.6. The summed E-state index contributed by atoms with van der Waals surface area (Å²) >= 11 is 0. The zero-order valence-corrected chi connectivity index (χ0v) is 27.3. The average molecular weight is 622 g/mol. The van der Waals surface area contributed by atoms with Crippen molar-refractivity contribution in [2.75, 3.05) is 26.3 Å². The van der Waals surface area contributed by atoms with Crippen molar-refractivity contribution in [3.05, 3.63) is 65.9 Å². The quantitative estimate of drug-likeness (QED) is 0.0762. The molecule has 1 aromatic heterocycles.